The molecule has 110 valence electrons. The summed E-state index contributed by atoms with van der Waals surface area (Å²) >= 11 is 4.82. The Morgan fingerprint density at radius 2 is 2.19 bits per heavy atom. The summed E-state index contributed by atoms with van der Waals surface area (Å²) in [6.07, 6.45) is 6.34. The normalized spacial score (nSPS) is 16.1. The van der Waals surface area contributed by atoms with Gasteiger partial charge in [-0.25, -0.2) is 4.99 Å². The van der Waals surface area contributed by atoms with E-state index in [0.717, 1.165) is 21.8 Å². The van der Waals surface area contributed by atoms with Gasteiger partial charge in [0, 0.05) is 6.42 Å². The Balaban J connectivity index is 2.22. The summed E-state index contributed by atoms with van der Waals surface area (Å²) in [5.74, 6) is -1.11. The van der Waals surface area contributed by atoms with E-state index in [2.05, 4.69) is 9.73 Å². The van der Waals surface area contributed by atoms with Crippen LogP contribution in [0.15, 0.2) is 40.1 Å². The Bertz CT molecular complexity index is 644. The van der Waals surface area contributed by atoms with Crippen molar-refractivity contribution < 1.29 is 14.3 Å². The van der Waals surface area contributed by atoms with E-state index in [1.807, 2.05) is 19.1 Å². The molecule has 2 N–H and O–H groups in total. The molecule has 2 rings (SSSR count). The second-order valence-electron chi connectivity index (χ2n) is 4.65. The maximum Gasteiger partial charge on any atom is 0.325 e. The minimum absolute atomic E-state index is 0.190. The summed E-state index contributed by atoms with van der Waals surface area (Å²) in [4.78, 5) is 29.0. The van der Waals surface area contributed by atoms with Crippen molar-refractivity contribution in [2.45, 2.75) is 13.3 Å². The predicted octanol–water partition coefficient (Wildman–Crippen LogP) is 0.847. The van der Waals surface area contributed by atoms with E-state index in [4.69, 9.17) is 18.0 Å². The van der Waals surface area contributed by atoms with E-state index in [9.17, 15) is 9.59 Å². The molecule has 7 heteroatoms. The molecule has 1 aliphatic carbocycles. The fraction of sp³-hybridized carbons (Fsp3) is 0.286. The van der Waals surface area contributed by atoms with Crippen LogP contribution in [0, 0.1) is 0 Å². The highest BCUT2D eigenvalue weighted by molar-refractivity contribution is 7.80. The molecule has 1 aliphatic heterocycles. The van der Waals surface area contributed by atoms with E-state index in [-0.39, 0.29) is 17.4 Å². The summed E-state index contributed by atoms with van der Waals surface area (Å²) in [6, 6.07) is 0. The van der Waals surface area contributed by atoms with Gasteiger partial charge in [0.1, 0.15) is 12.2 Å². The third kappa shape index (κ3) is 3.25. The molecule has 1 heterocycles. The first kappa shape index (κ1) is 15.1. The Hall–Kier alpha value is -2.28. The third-order valence-corrected chi connectivity index (χ3v) is 3.35. The summed E-state index contributed by atoms with van der Waals surface area (Å²) in [5, 5.41) is -0.190. The van der Waals surface area contributed by atoms with Gasteiger partial charge in [-0.2, -0.15) is 0 Å². The van der Waals surface area contributed by atoms with Crippen LogP contribution in [0.3, 0.4) is 0 Å². The number of aliphatic imine (C=N–C) groups is 1. The minimum Gasteiger partial charge on any atom is -0.468 e. The maximum atomic E-state index is 12.4. The molecule has 0 atom stereocenters. The van der Waals surface area contributed by atoms with Gasteiger partial charge in [-0.15, -0.1) is 0 Å². The second-order valence-corrected chi connectivity index (χ2v) is 5.06. The number of rotatable bonds is 3. The first-order chi connectivity index (χ1) is 9.92. The van der Waals surface area contributed by atoms with Crippen molar-refractivity contribution in [2.75, 3.05) is 13.7 Å². The molecule has 0 saturated carbocycles. The maximum absolute atomic E-state index is 12.4. The van der Waals surface area contributed by atoms with Gasteiger partial charge in [-0.1, -0.05) is 17.7 Å². The molecule has 0 aromatic carbocycles. The second kappa shape index (κ2) is 6.01. The number of fused-ring (bicyclic) bond motifs is 1. The van der Waals surface area contributed by atoms with Crippen molar-refractivity contribution in [1.82, 2.24) is 4.90 Å². The molecule has 1 amide bonds. The van der Waals surface area contributed by atoms with Crippen LogP contribution in [0.5, 0.6) is 0 Å². The Morgan fingerprint density at radius 3 is 2.81 bits per heavy atom. The van der Waals surface area contributed by atoms with E-state index in [1.165, 1.54) is 7.11 Å². The fourth-order valence-electron chi connectivity index (χ4n) is 2.01. The van der Waals surface area contributed by atoms with E-state index < -0.39 is 11.9 Å². The zero-order valence-corrected chi connectivity index (χ0v) is 12.6. The number of hydrogen-bond acceptors (Lipinski definition) is 5. The Labute approximate surface area is 127 Å². The number of nitrogens with two attached hydrogens (primary N) is 1. The van der Waals surface area contributed by atoms with Gasteiger partial charge in [0.05, 0.1) is 12.8 Å². The molecule has 0 saturated heterocycles. The summed E-state index contributed by atoms with van der Waals surface area (Å²) in [6.45, 7) is 1.65. The lowest BCUT2D eigenvalue weighted by atomic mass is 9.99. The van der Waals surface area contributed by atoms with Crippen LogP contribution in [0.2, 0.25) is 0 Å². The largest absolute Gasteiger partial charge is 0.468 e. The molecule has 0 aromatic heterocycles. The SMILES string of the molecule is COC(=O)CN(C(=O)C1=CC2=CC(C)=CCC2=N1)C(N)=S. The van der Waals surface area contributed by atoms with Gasteiger partial charge in [0.2, 0.25) is 0 Å². The van der Waals surface area contributed by atoms with Gasteiger partial charge in [0.25, 0.3) is 5.91 Å². The molecule has 0 aromatic rings. The molecule has 0 spiro atoms. The van der Waals surface area contributed by atoms with Crippen molar-refractivity contribution in [3.05, 3.63) is 35.1 Å². The van der Waals surface area contributed by atoms with Crippen LogP contribution < -0.4 is 5.73 Å². The van der Waals surface area contributed by atoms with Gasteiger partial charge >= 0.3 is 5.97 Å². The van der Waals surface area contributed by atoms with Crippen molar-refractivity contribution >= 4 is 34.9 Å². The van der Waals surface area contributed by atoms with Crippen LogP contribution >= 0.6 is 12.2 Å². The van der Waals surface area contributed by atoms with Gasteiger partial charge in [0.15, 0.2) is 5.11 Å². The lowest BCUT2D eigenvalue weighted by Gasteiger charge is -2.18. The zero-order chi connectivity index (χ0) is 15.6. The first-order valence-corrected chi connectivity index (χ1v) is 6.69. The summed E-state index contributed by atoms with van der Waals surface area (Å²) in [7, 11) is 1.23. The average Bonchev–Trinajstić information content (AvgIpc) is 2.86. The number of nitrogens with zero attached hydrogens (tertiary/aromatic N) is 2. The highest BCUT2D eigenvalue weighted by atomic mass is 32.1. The standard InChI is InChI=1S/C14H15N3O3S/c1-8-3-4-10-9(5-8)6-11(16-10)13(19)17(14(15)21)7-12(18)20-2/h3,5-6H,4,7H2,1-2H3,(H2,15,21). The number of allylic oxidation sites excluding steroid dienone is 5. The Kier molecular flexibility index (Phi) is 4.32. The van der Waals surface area contributed by atoms with Crippen molar-refractivity contribution in [3.63, 3.8) is 0 Å². The number of ether oxygens (including phenoxy) is 1. The quantitative estimate of drug-likeness (QED) is 0.617. The smallest absolute Gasteiger partial charge is 0.325 e. The molecule has 0 unspecified atom stereocenters. The fourth-order valence-corrected chi connectivity index (χ4v) is 2.16. The van der Waals surface area contributed by atoms with Gasteiger partial charge in [-0.05, 0) is 30.8 Å². The molecule has 0 fully saturated rings. The number of esters is 1. The summed E-state index contributed by atoms with van der Waals surface area (Å²) < 4.78 is 4.53. The third-order valence-electron chi connectivity index (χ3n) is 3.13. The lowest BCUT2D eigenvalue weighted by Crippen LogP contribution is -2.44. The Morgan fingerprint density at radius 1 is 1.48 bits per heavy atom. The number of hydrogen-bond donors (Lipinski definition) is 1. The van der Waals surface area contributed by atoms with Crippen LogP contribution in [-0.2, 0) is 14.3 Å². The van der Waals surface area contributed by atoms with Crippen LogP contribution in [0.1, 0.15) is 13.3 Å². The average molecular weight is 305 g/mol. The highest BCUT2D eigenvalue weighted by Crippen LogP contribution is 2.25. The van der Waals surface area contributed by atoms with Crippen molar-refractivity contribution in [2.24, 2.45) is 10.7 Å². The highest BCUT2D eigenvalue weighted by Gasteiger charge is 2.27. The van der Waals surface area contributed by atoms with Crippen LogP contribution in [-0.4, -0.2) is 41.3 Å². The minimum atomic E-state index is -0.600. The van der Waals surface area contributed by atoms with E-state index in [0.29, 0.717) is 6.42 Å². The lowest BCUT2D eigenvalue weighted by molar-refractivity contribution is -0.143. The first-order valence-electron chi connectivity index (χ1n) is 6.28. The summed E-state index contributed by atoms with van der Waals surface area (Å²) in [5.41, 5.74) is 8.57. The number of carbonyl (C=O) groups excluding carboxylic acids is 2. The molecule has 21 heavy (non-hydrogen) atoms. The van der Waals surface area contributed by atoms with Crippen molar-refractivity contribution in [3.8, 4) is 0 Å². The van der Waals surface area contributed by atoms with Gasteiger partial charge < -0.3 is 10.5 Å². The molecule has 0 radical (unpaired) electrons. The van der Waals surface area contributed by atoms with E-state index >= 15 is 0 Å². The molecular weight excluding hydrogens is 290 g/mol. The number of amides is 1. The molecule has 2 aliphatic rings. The van der Waals surface area contributed by atoms with E-state index in [1.54, 1.807) is 6.08 Å². The number of methoxy groups -OCH3 is 1. The molecular formula is C14H15N3O3S. The number of thiocarbonyl (C=S) groups is 1. The van der Waals surface area contributed by atoms with Crippen LogP contribution in [0.25, 0.3) is 0 Å². The predicted molar refractivity (Wildman–Crippen MR) is 82.5 cm³/mol. The van der Waals surface area contributed by atoms with Gasteiger partial charge in [-0.3, -0.25) is 14.5 Å². The molecule has 6 nitrogen and oxygen atoms in total. The number of carbonyl (C=O) groups is 2. The molecule has 0 bridgehead atoms. The van der Waals surface area contributed by atoms with Crippen molar-refractivity contribution in [1.29, 1.82) is 0 Å². The van der Waals surface area contributed by atoms with Crippen LogP contribution in [0.4, 0.5) is 0 Å². The monoisotopic (exact) mass is 305 g/mol. The zero-order valence-electron chi connectivity index (χ0n) is 11.8. The topological polar surface area (TPSA) is 85.0 Å².